The second-order valence-corrected chi connectivity index (χ2v) is 19.1. The van der Waals surface area contributed by atoms with Crippen LogP contribution in [0.3, 0.4) is 0 Å². The van der Waals surface area contributed by atoms with Gasteiger partial charge in [-0.1, -0.05) is 92.7 Å². The third-order valence-electron chi connectivity index (χ3n) is 11.6. The number of aliphatic hydroxyl groups is 2. The smallest absolute Gasteiger partial charge is 0.245 e. The predicted molar refractivity (Wildman–Crippen MR) is 269 cm³/mol. The SMILES string of the molecule is CC[C@H](C)[C@@H]1NC(=O)[C@H](Cc2ccccc2)NC(=O)[C@H](C)NC(=O)[C@@H](NC(=O)[C@@H](NC(=O)[C@H](CO)NC(=O)CCCOc2ccc(C(=O)c3ccccc3)cc2)[C@@H](C)O)CSC(=O)[C@H](CCSC)NC1=O. The zero-order chi connectivity index (χ0) is 52.0. The van der Waals surface area contributed by atoms with E-state index in [0.717, 1.165) is 0 Å². The summed E-state index contributed by atoms with van der Waals surface area (Å²) in [6.07, 6.45) is 0.996. The molecule has 0 aliphatic carbocycles. The number of thioether (sulfide) groups is 2. The van der Waals surface area contributed by atoms with Crippen LogP contribution in [0, 0.1) is 5.92 Å². The lowest BCUT2D eigenvalue weighted by molar-refractivity contribution is -0.136. The van der Waals surface area contributed by atoms with Crippen molar-refractivity contribution in [2.24, 2.45) is 5.92 Å². The Balaban J connectivity index is 1.45. The van der Waals surface area contributed by atoms with Crippen LogP contribution < -0.4 is 42.0 Å². The molecule has 1 heterocycles. The molecule has 3 aromatic carbocycles. The molecule has 1 saturated heterocycles. The summed E-state index contributed by atoms with van der Waals surface area (Å²) in [6, 6.07) is 14.6. The van der Waals surface area contributed by atoms with Crippen molar-refractivity contribution >= 4 is 75.8 Å². The Labute approximate surface area is 421 Å². The van der Waals surface area contributed by atoms with Crippen LogP contribution in [0.4, 0.5) is 0 Å². The van der Waals surface area contributed by atoms with Crippen molar-refractivity contribution in [2.45, 2.75) is 108 Å². The van der Waals surface area contributed by atoms with Crippen LogP contribution in [0.15, 0.2) is 84.9 Å². The molecule has 0 saturated carbocycles. The first kappa shape index (κ1) is 57.3. The molecule has 0 spiro atoms. The van der Waals surface area contributed by atoms with E-state index in [1.165, 1.54) is 25.6 Å². The summed E-state index contributed by atoms with van der Waals surface area (Å²) in [5.74, 6) is -5.82. The Kier molecular flexibility index (Phi) is 23.5. The molecule has 0 bridgehead atoms. The Bertz CT molecular complexity index is 2290. The molecule has 71 heavy (non-hydrogen) atoms. The van der Waals surface area contributed by atoms with Crippen molar-refractivity contribution in [3.8, 4) is 5.75 Å². The van der Waals surface area contributed by atoms with Crippen LogP contribution in [-0.4, -0.2) is 142 Å². The maximum Gasteiger partial charge on any atom is 0.245 e. The Morgan fingerprint density at radius 1 is 0.789 bits per heavy atom. The van der Waals surface area contributed by atoms with Gasteiger partial charge < -0.3 is 52.2 Å². The van der Waals surface area contributed by atoms with E-state index in [1.807, 2.05) is 19.2 Å². The Hall–Kier alpha value is -6.29. The zero-order valence-electron chi connectivity index (χ0n) is 40.4. The molecule has 1 fully saturated rings. The van der Waals surface area contributed by atoms with Gasteiger partial charge in [-0.05, 0) is 74.4 Å². The Morgan fingerprint density at radius 2 is 1.42 bits per heavy atom. The van der Waals surface area contributed by atoms with E-state index in [2.05, 4.69) is 37.2 Å². The highest BCUT2D eigenvalue weighted by molar-refractivity contribution is 8.13. The molecule has 9 N–H and O–H groups in total. The number of ether oxygens (including phenoxy) is 1. The number of nitrogens with one attached hydrogen (secondary N) is 7. The van der Waals surface area contributed by atoms with E-state index in [4.69, 9.17) is 4.74 Å². The second kappa shape index (κ2) is 29.1. The number of benzene rings is 3. The monoisotopic (exact) mass is 1020 g/mol. The molecule has 0 unspecified atom stereocenters. The lowest BCUT2D eigenvalue weighted by Gasteiger charge is -2.30. The van der Waals surface area contributed by atoms with Crippen molar-refractivity contribution in [1.29, 1.82) is 0 Å². The number of carbonyl (C=O) groups is 9. The maximum atomic E-state index is 13.9. The minimum atomic E-state index is -1.76. The number of hydrogen-bond donors (Lipinski definition) is 9. The van der Waals surface area contributed by atoms with Crippen molar-refractivity contribution in [1.82, 2.24) is 37.2 Å². The van der Waals surface area contributed by atoms with E-state index >= 15 is 0 Å². The second-order valence-electron chi connectivity index (χ2n) is 17.1. The zero-order valence-corrected chi connectivity index (χ0v) is 42.1. The van der Waals surface area contributed by atoms with Crippen LogP contribution in [-0.2, 0) is 44.8 Å². The van der Waals surface area contributed by atoms with Gasteiger partial charge in [-0.15, -0.1) is 0 Å². The molecular weight excluding hydrogens is 955 g/mol. The summed E-state index contributed by atoms with van der Waals surface area (Å²) >= 11 is 2.05. The van der Waals surface area contributed by atoms with Gasteiger partial charge in [0.25, 0.3) is 0 Å². The van der Waals surface area contributed by atoms with Gasteiger partial charge in [-0.25, -0.2) is 0 Å². The Morgan fingerprint density at radius 3 is 2.04 bits per heavy atom. The number of hydrogen-bond acceptors (Lipinski definition) is 14. The maximum absolute atomic E-state index is 13.9. The van der Waals surface area contributed by atoms with Crippen molar-refractivity contribution in [3.05, 3.63) is 102 Å². The van der Waals surface area contributed by atoms with E-state index in [1.54, 1.807) is 85.8 Å². The van der Waals surface area contributed by atoms with Gasteiger partial charge in [0, 0.05) is 29.7 Å². The number of aliphatic hydroxyl groups excluding tert-OH is 2. The first-order valence-corrected chi connectivity index (χ1v) is 25.8. The number of carbonyl (C=O) groups excluding carboxylic acids is 9. The van der Waals surface area contributed by atoms with Gasteiger partial charge >= 0.3 is 0 Å². The van der Waals surface area contributed by atoms with Crippen LogP contribution in [0.5, 0.6) is 5.75 Å². The van der Waals surface area contributed by atoms with Crippen LogP contribution in [0.2, 0.25) is 0 Å². The molecule has 1 aliphatic heterocycles. The van der Waals surface area contributed by atoms with Gasteiger partial charge in [0.2, 0.25) is 46.5 Å². The van der Waals surface area contributed by atoms with Gasteiger partial charge in [0.05, 0.1) is 25.4 Å². The summed E-state index contributed by atoms with van der Waals surface area (Å²) < 4.78 is 5.70. The lowest BCUT2D eigenvalue weighted by atomic mass is 9.96. The molecule has 21 heteroatoms. The molecule has 0 radical (unpaired) electrons. The van der Waals surface area contributed by atoms with Gasteiger partial charge in [-0.3, -0.25) is 43.2 Å². The van der Waals surface area contributed by atoms with Crippen LogP contribution in [0.1, 0.15) is 74.9 Å². The van der Waals surface area contributed by atoms with Gasteiger partial charge in [0.15, 0.2) is 5.78 Å². The van der Waals surface area contributed by atoms with Gasteiger partial charge in [-0.2, -0.15) is 11.8 Å². The first-order valence-electron chi connectivity index (χ1n) is 23.4. The molecule has 384 valence electrons. The normalized spacial score (nSPS) is 20.9. The lowest BCUT2D eigenvalue weighted by Crippen LogP contribution is -2.62. The van der Waals surface area contributed by atoms with Crippen LogP contribution >= 0.6 is 23.5 Å². The molecule has 3 aromatic rings. The topological polar surface area (TPSA) is 288 Å². The standard InChI is InChI=1S/C50H65N7O12S2/c1-6-29(2)41-48(66)53-36(23-25-70-5)50(68)71-28-39(47(65)51-30(3)44(62)54-37(45(63)56-41)26-32-14-9-7-10-15-32)55-49(67)42(31(4)59)57-46(64)38(27-58)52-40(60)18-13-24-69-35-21-19-34(20-22-35)43(61)33-16-11-8-12-17-33/h7-12,14-17,19-22,29-31,36-39,41-42,58-59H,6,13,18,23-28H2,1-5H3,(H,51,65)(H,52,60)(H,53,66)(H,54,62)(H,55,67)(H,56,63)(H,57,64)/t29-,30-,31+,36-,37-,38-,39-,41-,42-/m0/s1. The van der Waals surface area contributed by atoms with Crippen molar-refractivity contribution in [3.63, 3.8) is 0 Å². The highest BCUT2D eigenvalue weighted by atomic mass is 32.2. The molecule has 4 rings (SSSR count). The third-order valence-corrected chi connectivity index (χ3v) is 13.3. The molecule has 19 nitrogen and oxygen atoms in total. The first-order chi connectivity index (χ1) is 33.9. The summed E-state index contributed by atoms with van der Waals surface area (Å²) in [7, 11) is 0. The quantitative estimate of drug-likeness (QED) is 0.0536. The molecular formula is C50H65N7O12S2. The van der Waals surface area contributed by atoms with Crippen molar-refractivity contribution < 1.29 is 58.1 Å². The van der Waals surface area contributed by atoms with E-state index in [-0.39, 0.29) is 44.0 Å². The largest absolute Gasteiger partial charge is 0.494 e. The highest BCUT2D eigenvalue weighted by Crippen LogP contribution is 2.18. The summed E-state index contributed by atoms with van der Waals surface area (Å²) in [4.78, 5) is 122. The van der Waals surface area contributed by atoms with Gasteiger partial charge in [0.1, 0.15) is 42.0 Å². The molecule has 7 amide bonds. The average molecular weight is 1020 g/mol. The number of amides is 7. The predicted octanol–water partition coefficient (Wildman–Crippen LogP) is 1.18. The average Bonchev–Trinajstić information content (AvgIpc) is 3.36. The minimum Gasteiger partial charge on any atom is -0.494 e. The number of rotatable bonds is 21. The summed E-state index contributed by atoms with van der Waals surface area (Å²) in [5, 5.41) is 38.1. The van der Waals surface area contributed by atoms with Crippen molar-refractivity contribution in [2.75, 3.05) is 31.0 Å². The fraction of sp³-hybridized carbons (Fsp3) is 0.460. The fourth-order valence-corrected chi connectivity index (χ4v) is 8.56. The van der Waals surface area contributed by atoms with E-state index < -0.39 is 107 Å². The van der Waals surface area contributed by atoms with E-state index in [9.17, 15) is 53.4 Å². The van der Waals surface area contributed by atoms with E-state index in [0.29, 0.717) is 46.4 Å². The minimum absolute atomic E-state index is 0.0255. The molecule has 1 aliphatic rings. The number of ketones is 1. The molecule has 0 aromatic heterocycles. The molecule has 9 atom stereocenters. The fourth-order valence-electron chi connectivity index (χ4n) is 7.15. The highest BCUT2D eigenvalue weighted by Gasteiger charge is 2.37. The third kappa shape index (κ3) is 18.1. The summed E-state index contributed by atoms with van der Waals surface area (Å²) in [6.45, 7) is 5.36. The summed E-state index contributed by atoms with van der Waals surface area (Å²) in [5.41, 5.74) is 1.71. The van der Waals surface area contributed by atoms with Crippen LogP contribution in [0.25, 0.3) is 0 Å².